The number of aryl methyl sites for hydroxylation is 2. The highest BCUT2D eigenvalue weighted by Crippen LogP contribution is 2.32. The van der Waals surface area contributed by atoms with E-state index in [4.69, 9.17) is 0 Å². The van der Waals surface area contributed by atoms with E-state index in [1.807, 2.05) is 0 Å². The minimum absolute atomic E-state index is 0.919. The minimum atomic E-state index is 0.919. The van der Waals surface area contributed by atoms with Crippen LogP contribution in [0.4, 0.5) is 0 Å². The van der Waals surface area contributed by atoms with Gasteiger partial charge in [-0.05, 0) is 65.8 Å². The van der Waals surface area contributed by atoms with Crippen molar-refractivity contribution in [2.75, 3.05) is 0 Å². The molecule has 0 aliphatic heterocycles. The zero-order valence-electron chi connectivity index (χ0n) is 17.6. The van der Waals surface area contributed by atoms with Crippen molar-refractivity contribution < 1.29 is 0 Å². The maximum Gasteiger partial charge on any atom is -0.0181 e. The Labute approximate surface area is 167 Å². The normalized spacial score (nSPS) is 16.3. The molecule has 0 aromatic heterocycles. The Morgan fingerprint density at radius 1 is 0.741 bits per heavy atom. The average Bonchev–Trinajstić information content (AvgIpc) is 2.72. The van der Waals surface area contributed by atoms with Crippen LogP contribution >= 0.6 is 0 Å². The lowest BCUT2D eigenvalue weighted by molar-refractivity contribution is 0.405. The Bertz CT molecular complexity index is 680. The maximum atomic E-state index is 2.47. The summed E-state index contributed by atoms with van der Waals surface area (Å²) in [6, 6.07) is 16.5. The monoisotopic (exact) mass is 362 g/mol. The van der Waals surface area contributed by atoms with E-state index >= 15 is 0 Å². The zero-order chi connectivity index (χ0) is 18.9. The molecule has 0 nitrogen and oxygen atoms in total. The molecule has 2 aromatic rings. The molecule has 0 bridgehead atoms. The smallest absolute Gasteiger partial charge is 0.0181 e. The van der Waals surface area contributed by atoms with Crippen molar-refractivity contribution >= 4 is 0 Å². The summed E-state index contributed by atoms with van der Waals surface area (Å²) in [5.74, 6) is 0.919. The first-order chi connectivity index (χ1) is 13.3. The summed E-state index contributed by atoms with van der Waals surface area (Å²) >= 11 is 0. The summed E-state index contributed by atoms with van der Waals surface area (Å²) in [6.07, 6.45) is 16.2. The minimum Gasteiger partial charge on any atom is -0.0654 e. The van der Waals surface area contributed by atoms with Gasteiger partial charge in [-0.1, -0.05) is 101 Å². The number of rotatable bonds is 10. The lowest BCUT2D eigenvalue weighted by atomic mass is 9.80. The van der Waals surface area contributed by atoms with Crippen LogP contribution in [0.2, 0.25) is 0 Å². The Hall–Kier alpha value is -1.56. The Balaban J connectivity index is 1.56. The molecule has 146 valence electrons. The standard InChI is InChI=1S/C27H38/c1-3-5-7-8-9-11-23-14-17-27-21-26(19-18-25(27)20-23)24-15-12-22(13-16-24)10-6-4-2/h12-13,15-16,18-19,21,23H,3-11,14,17,20H2,1-2H3. The summed E-state index contributed by atoms with van der Waals surface area (Å²) in [6.45, 7) is 4.56. The fourth-order valence-corrected chi connectivity index (χ4v) is 4.54. The third-order valence-corrected chi connectivity index (χ3v) is 6.36. The van der Waals surface area contributed by atoms with Crippen LogP contribution in [0.5, 0.6) is 0 Å². The van der Waals surface area contributed by atoms with Crippen LogP contribution in [0.15, 0.2) is 42.5 Å². The first-order valence-electron chi connectivity index (χ1n) is 11.5. The molecule has 0 heterocycles. The molecule has 1 aliphatic rings. The van der Waals surface area contributed by atoms with Gasteiger partial charge in [0.2, 0.25) is 0 Å². The third kappa shape index (κ3) is 5.96. The Kier molecular flexibility index (Phi) is 7.99. The van der Waals surface area contributed by atoms with E-state index in [2.05, 4.69) is 56.3 Å². The highest BCUT2D eigenvalue weighted by atomic mass is 14.2. The van der Waals surface area contributed by atoms with Crippen LogP contribution in [-0.2, 0) is 19.3 Å². The van der Waals surface area contributed by atoms with Crippen LogP contribution in [0.1, 0.15) is 88.3 Å². The number of benzene rings is 2. The van der Waals surface area contributed by atoms with Crippen molar-refractivity contribution in [3.63, 3.8) is 0 Å². The van der Waals surface area contributed by atoms with E-state index in [1.54, 1.807) is 11.1 Å². The molecular formula is C27H38. The van der Waals surface area contributed by atoms with E-state index < -0.39 is 0 Å². The van der Waals surface area contributed by atoms with Crippen molar-refractivity contribution in [2.45, 2.75) is 90.9 Å². The highest BCUT2D eigenvalue weighted by Gasteiger charge is 2.18. The second-order valence-corrected chi connectivity index (χ2v) is 8.60. The number of hydrogen-bond acceptors (Lipinski definition) is 0. The lowest BCUT2D eigenvalue weighted by Gasteiger charge is -2.25. The predicted molar refractivity (Wildman–Crippen MR) is 119 cm³/mol. The molecule has 0 amide bonds. The van der Waals surface area contributed by atoms with E-state index in [0.29, 0.717) is 0 Å². The van der Waals surface area contributed by atoms with E-state index in [9.17, 15) is 0 Å². The van der Waals surface area contributed by atoms with Crippen LogP contribution in [-0.4, -0.2) is 0 Å². The Morgan fingerprint density at radius 2 is 1.48 bits per heavy atom. The van der Waals surface area contributed by atoms with Gasteiger partial charge in [-0.2, -0.15) is 0 Å². The number of fused-ring (bicyclic) bond motifs is 1. The quantitative estimate of drug-likeness (QED) is 0.374. The largest absolute Gasteiger partial charge is 0.0654 e. The molecule has 0 radical (unpaired) electrons. The molecule has 2 aromatic carbocycles. The van der Waals surface area contributed by atoms with Gasteiger partial charge in [0.15, 0.2) is 0 Å². The van der Waals surface area contributed by atoms with E-state index in [1.165, 1.54) is 93.7 Å². The summed E-state index contributed by atoms with van der Waals surface area (Å²) in [7, 11) is 0. The predicted octanol–water partition coefficient (Wildman–Crippen LogP) is 8.16. The summed E-state index contributed by atoms with van der Waals surface area (Å²) in [5, 5.41) is 0. The summed E-state index contributed by atoms with van der Waals surface area (Å²) in [5.41, 5.74) is 7.46. The van der Waals surface area contributed by atoms with Gasteiger partial charge in [0.25, 0.3) is 0 Å². The van der Waals surface area contributed by atoms with Crippen molar-refractivity contribution in [1.29, 1.82) is 0 Å². The molecule has 1 atom stereocenters. The molecular weight excluding hydrogens is 324 g/mol. The molecule has 1 aliphatic carbocycles. The van der Waals surface area contributed by atoms with Gasteiger partial charge in [0, 0.05) is 0 Å². The molecule has 3 rings (SSSR count). The zero-order valence-corrected chi connectivity index (χ0v) is 17.6. The van der Waals surface area contributed by atoms with Gasteiger partial charge in [0.1, 0.15) is 0 Å². The van der Waals surface area contributed by atoms with Gasteiger partial charge in [-0.25, -0.2) is 0 Å². The van der Waals surface area contributed by atoms with Gasteiger partial charge >= 0.3 is 0 Å². The van der Waals surface area contributed by atoms with Crippen LogP contribution in [0, 0.1) is 5.92 Å². The van der Waals surface area contributed by atoms with Gasteiger partial charge in [-0.3, -0.25) is 0 Å². The summed E-state index contributed by atoms with van der Waals surface area (Å²) in [4.78, 5) is 0. The molecule has 0 saturated heterocycles. The van der Waals surface area contributed by atoms with Gasteiger partial charge < -0.3 is 0 Å². The second-order valence-electron chi connectivity index (χ2n) is 8.60. The van der Waals surface area contributed by atoms with E-state index in [-0.39, 0.29) is 0 Å². The van der Waals surface area contributed by atoms with Crippen LogP contribution < -0.4 is 0 Å². The van der Waals surface area contributed by atoms with Gasteiger partial charge in [-0.15, -0.1) is 0 Å². The van der Waals surface area contributed by atoms with Crippen molar-refractivity contribution in [1.82, 2.24) is 0 Å². The fourth-order valence-electron chi connectivity index (χ4n) is 4.54. The molecule has 27 heavy (non-hydrogen) atoms. The third-order valence-electron chi connectivity index (χ3n) is 6.36. The highest BCUT2D eigenvalue weighted by molar-refractivity contribution is 5.65. The Morgan fingerprint density at radius 3 is 2.26 bits per heavy atom. The molecule has 1 unspecified atom stereocenters. The SMILES string of the molecule is CCCCCCCC1CCc2cc(-c3ccc(CCCC)cc3)ccc2C1. The van der Waals surface area contributed by atoms with E-state index in [0.717, 1.165) is 5.92 Å². The van der Waals surface area contributed by atoms with Gasteiger partial charge in [0.05, 0.1) is 0 Å². The fraction of sp³-hybridized carbons (Fsp3) is 0.556. The average molecular weight is 363 g/mol. The number of hydrogen-bond donors (Lipinski definition) is 0. The topological polar surface area (TPSA) is 0 Å². The molecule has 0 heteroatoms. The molecule has 0 N–H and O–H groups in total. The van der Waals surface area contributed by atoms with Crippen LogP contribution in [0.25, 0.3) is 11.1 Å². The molecule has 0 fully saturated rings. The lowest BCUT2D eigenvalue weighted by Crippen LogP contribution is -2.14. The molecule has 0 spiro atoms. The number of unbranched alkanes of at least 4 members (excludes halogenated alkanes) is 5. The first kappa shape index (κ1) is 20.2. The van der Waals surface area contributed by atoms with Crippen LogP contribution in [0.3, 0.4) is 0 Å². The van der Waals surface area contributed by atoms with Crippen molar-refractivity contribution in [3.05, 3.63) is 59.2 Å². The first-order valence-corrected chi connectivity index (χ1v) is 11.5. The molecule has 0 saturated carbocycles. The maximum absolute atomic E-state index is 2.47. The van der Waals surface area contributed by atoms with Crippen molar-refractivity contribution in [3.8, 4) is 11.1 Å². The summed E-state index contributed by atoms with van der Waals surface area (Å²) < 4.78 is 0. The van der Waals surface area contributed by atoms with Crippen molar-refractivity contribution in [2.24, 2.45) is 5.92 Å². The second kappa shape index (κ2) is 10.7.